The first-order chi connectivity index (χ1) is 10.3. The van der Waals surface area contributed by atoms with E-state index in [4.69, 9.17) is 5.73 Å². The number of aromatic nitrogens is 2. The lowest BCUT2D eigenvalue weighted by molar-refractivity contribution is 0.0996. The second-order valence-corrected chi connectivity index (χ2v) is 6.73. The molecule has 1 aliphatic carbocycles. The summed E-state index contributed by atoms with van der Waals surface area (Å²) < 4.78 is 26.2. The molecule has 0 saturated heterocycles. The third-order valence-corrected chi connectivity index (χ3v) is 5.00. The maximum absolute atomic E-state index is 12.7. The minimum atomic E-state index is -3.94. The zero-order chi connectivity index (χ0) is 16.1. The number of amides is 1. The fourth-order valence-electron chi connectivity index (χ4n) is 2.26. The summed E-state index contributed by atoms with van der Waals surface area (Å²) in [5.41, 5.74) is 6.50. The Hall–Kier alpha value is -2.74. The van der Waals surface area contributed by atoms with Crippen LogP contribution in [0, 0.1) is 6.92 Å². The average Bonchev–Trinajstić information content (AvgIpc) is 2.96. The van der Waals surface area contributed by atoms with E-state index >= 15 is 0 Å². The molecule has 1 aliphatic heterocycles. The zero-order valence-corrected chi connectivity index (χ0v) is 12.4. The van der Waals surface area contributed by atoms with E-state index in [1.54, 1.807) is 12.1 Å². The maximum Gasteiger partial charge on any atom is 0.281 e. The predicted octanol–water partition coefficient (Wildman–Crippen LogP) is 1.27. The summed E-state index contributed by atoms with van der Waals surface area (Å²) in [7, 11) is -3.94. The summed E-state index contributed by atoms with van der Waals surface area (Å²) in [5, 5.41) is 12.1. The molecule has 1 aromatic carbocycles. The van der Waals surface area contributed by atoms with Gasteiger partial charge in [-0.15, -0.1) is 0 Å². The molecule has 7 nitrogen and oxygen atoms in total. The number of aryl methyl sites for hydroxylation is 1. The number of fused-ring (bicyclic) bond motifs is 1. The van der Waals surface area contributed by atoms with E-state index in [2.05, 4.69) is 5.10 Å². The molecule has 0 unspecified atom stereocenters. The Kier molecular flexibility index (Phi) is 2.99. The molecule has 114 valence electrons. The number of aromatic amines is 1. The molecule has 22 heavy (non-hydrogen) atoms. The largest absolute Gasteiger partial charge is 0.508 e. The van der Waals surface area contributed by atoms with E-state index in [9.17, 15) is 18.3 Å². The monoisotopic (exact) mass is 319 g/mol. The van der Waals surface area contributed by atoms with Crippen molar-refractivity contribution in [1.29, 1.82) is 0 Å². The van der Waals surface area contributed by atoms with E-state index in [-0.39, 0.29) is 27.6 Å². The summed E-state index contributed by atoms with van der Waals surface area (Å²) in [5.74, 6) is -0.956. The van der Waals surface area contributed by atoms with Crippen LogP contribution in [-0.2, 0) is 10.0 Å². The Balaban J connectivity index is 2.25. The number of nitrogens with zero attached hydrogens (tertiary/aromatic N) is 1. The number of nitrogens with one attached hydrogen (secondary N) is 1. The highest BCUT2D eigenvalue weighted by molar-refractivity contribution is 7.90. The van der Waals surface area contributed by atoms with E-state index in [1.807, 2.05) is 6.92 Å². The second-order valence-electron chi connectivity index (χ2n) is 4.95. The van der Waals surface area contributed by atoms with Crippen molar-refractivity contribution in [2.75, 3.05) is 0 Å². The van der Waals surface area contributed by atoms with Gasteiger partial charge in [-0.25, -0.2) is 0 Å². The van der Waals surface area contributed by atoms with Gasteiger partial charge >= 0.3 is 0 Å². The van der Waals surface area contributed by atoms with Crippen molar-refractivity contribution in [3.63, 3.8) is 0 Å². The minimum absolute atomic E-state index is 0.0583. The molecule has 3 rings (SSSR count). The lowest BCUT2D eigenvalue weighted by atomic mass is 10.2. The topological polar surface area (TPSA) is 118 Å². The molecule has 4 N–H and O–H groups in total. The lowest BCUT2D eigenvalue weighted by Gasteiger charge is -2.07. The van der Waals surface area contributed by atoms with Gasteiger partial charge in [-0.1, -0.05) is 17.7 Å². The van der Waals surface area contributed by atoms with Gasteiger partial charge in [0.2, 0.25) is 0 Å². The number of rotatable bonds is 3. The number of aromatic hydroxyl groups is 1. The number of H-pyrrole nitrogens is 1. The van der Waals surface area contributed by atoms with Gasteiger partial charge in [0.1, 0.15) is 11.4 Å². The van der Waals surface area contributed by atoms with Gasteiger partial charge in [-0.05, 0) is 25.1 Å². The third-order valence-electron chi connectivity index (χ3n) is 3.36. The SMILES string of the molecule is Cc1ccc(S(=O)(=O)n2[nH]c(C(N)=O)c3cc(O)cc2-3)cc1. The number of carbonyl (C=O) groups is 1. The van der Waals surface area contributed by atoms with Crippen molar-refractivity contribution in [1.82, 2.24) is 9.19 Å². The van der Waals surface area contributed by atoms with E-state index in [0.717, 1.165) is 9.65 Å². The standard InChI is InChI=1S/C14H13N3O4S/c1-8-2-4-10(5-3-8)22(20,21)17-12-7-9(18)6-11(12)13(16-17)14(15)19/h2-7,16,18H,1H3,(H2,15,19). The molecule has 8 heteroatoms. The number of benzene rings is 1. The highest BCUT2D eigenvalue weighted by atomic mass is 32.2. The average molecular weight is 319 g/mol. The van der Waals surface area contributed by atoms with Crippen molar-refractivity contribution < 1.29 is 18.3 Å². The summed E-state index contributed by atoms with van der Waals surface area (Å²) in [6.45, 7) is 1.84. The summed E-state index contributed by atoms with van der Waals surface area (Å²) in [6, 6.07) is 8.82. The fraction of sp³-hybridized carbons (Fsp3) is 0.0714. The van der Waals surface area contributed by atoms with Crippen LogP contribution in [0.25, 0.3) is 11.3 Å². The molecule has 0 spiro atoms. The van der Waals surface area contributed by atoms with Crippen LogP contribution >= 0.6 is 0 Å². The highest BCUT2D eigenvalue weighted by Crippen LogP contribution is 2.34. The molecule has 0 radical (unpaired) electrons. The summed E-state index contributed by atoms with van der Waals surface area (Å²) >= 11 is 0. The lowest BCUT2D eigenvalue weighted by Crippen LogP contribution is -2.17. The highest BCUT2D eigenvalue weighted by Gasteiger charge is 2.28. The van der Waals surface area contributed by atoms with Crippen molar-refractivity contribution in [3.05, 3.63) is 47.7 Å². The zero-order valence-electron chi connectivity index (χ0n) is 11.6. The number of primary amides is 1. The molecular weight excluding hydrogens is 306 g/mol. The van der Waals surface area contributed by atoms with E-state index < -0.39 is 15.9 Å². The first kappa shape index (κ1) is 14.2. The van der Waals surface area contributed by atoms with Gasteiger partial charge in [0.05, 0.1) is 10.6 Å². The van der Waals surface area contributed by atoms with Gasteiger partial charge < -0.3 is 10.8 Å². The van der Waals surface area contributed by atoms with Crippen LogP contribution in [0.2, 0.25) is 0 Å². The summed E-state index contributed by atoms with van der Waals surface area (Å²) in [6.07, 6.45) is 0. The smallest absolute Gasteiger partial charge is 0.281 e. The molecular formula is C14H13N3O4S. The molecule has 1 amide bonds. The van der Waals surface area contributed by atoms with Gasteiger partial charge in [-0.3, -0.25) is 9.89 Å². The molecule has 0 atom stereocenters. The molecule has 2 aliphatic rings. The fourth-order valence-corrected chi connectivity index (χ4v) is 3.58. The van der Waals surface area contributed by atoms with Gasteiger partial charge in [0.15, 0.2) is 0 Å². The van der Waals surface area contributed by atoms with Crippen LogP contribution in [0.4, 0.5) is 0 Å². The van der Waals surface area contributed by atoms with E-state index in [1.165, 1.54) is 24.3 Å². The number of nitrogens with two attached hydrogens (primary N) is 1. The molecule has 1 aromatic rings. The first-order valence-electron chi connectivity index (χ1n) is 6.36. The molecule has 1 heterocycles. The quantitative estimate of drug-likeness (QED) is 0.673. The maximum atomic E-state index is 12.7. The number of hydrogen-bond donors (Lipinski definition) is 3. The van der Waals surface area contributed by atoms with Gasteiger partial charge in [0.25, 0.3) is 15.9 Å². The Morgan fingerprint density at radius 3 is 2.45 bits per heavy atom. The van der Waals surface area contributed by atoms with Crippen molar-refractivity contribution in [2.24, 2.45) is 5.73 Å². The molecule has 0 bridgehead atoms. The van der Waals surface area contributed by atoms with Crippen LogP contribution in [-0.4, -0.2) is 28.6 Å². The van der Waals surface area contributed by atoms with Crippen molar-refractivity contribution in [2.45, 2.75) is 11.8 Å². The molecule has 0 aromatic heterocycles. The van der Waals surface area contributed by atoms with Crippen LogP contribution < -0.4 is 5.73 Å². The van der Waals surface area contributed by atoms with Crippen LogP contribution in [0.5, 0.6) is 5.75 Å². The Labute approximate surface area is 126 Å². The van der Waals surface area contributed by atoms with Crippen molar-refractivity contribution in [3.8, 4) is 17.0 Å². The minimum Gasteiger partial charge on any atom is -0.508 e. The van der Waals surface area contributed by atoms with E-state index in [0.29, 0.717) is 0 Å². The van der Waals surface area contributed by atoms with Crippen LogP contribution in [0.1, 0.15) is 16.1 Å². The third kappa shape index (κ3) is 2.04. The first-order valence-corrected chi connectivity index (χ1v) is 7.80. The predicted molar refractivity (Wildman–Crippen MR) is 79.4 cm³/mol. The van der Waals surface area contributed by atoms with Crippen LogP contribution in [0.3, 0.4) is 0 Å². The Morgan fingerprint density at radius 2 is 1.86 bits per heavy atom. The van der Waals surface area contributed by atoms with Crippen molar-refractivity contribution >= 4 is 15.9 Å². The van der Waals surface area contributed by atoms with Gasteiger partial charge in [0, 0.05) is 11.6 Å². The van der Waals surface area contributed by atoms with Crippen LogP contribution in [0.15, 0.2) is 41.3 Å². The molecule has 0 fully saturated rings. The number of hydrogen-bond acceptors (Lipinski definition) is 4. The summed E-state index contributed by atoms with van der Waals surface area (Å²) in [4.78, 5) is 11.5. The molecule has 0 saturated carbocycles. The van der Waals surface area contributed by atoms with Gasteiger partial charge in [-0.2, -0.15) is 12.5 Å². The second kappa shape index (κ2) is 4.63. The Morgan fingerprint density at radius 1 is 1.23 bits per heavy atom. The Bertz CT molecular complexity index is 935. The number of carbonyl (C=O) groups excluding carboxylic acids is 1. The normalized spacial score (nSPS) is 11.9.